The summed E-state index contributed by atoms with van der Waals surface area (Å²) < 4.78 is 0. The molecule has 0 aliphatic heterocycles. The van der Waals surface area contributed by atoms with Crippen molar-refractivity contribution in [3.63, 3.8) is 0 Å². The van der Waals surface area contributed by atoms with Gasteiger partial charge in [-0.05, 0) is 6.92 Å². The van der Waals surface area contributed by atoms with E-state index in [1.165, 1.54) is 6.20 Å². The van der Waals surface area contributed by atoms with Crippen LogP contribution < -0.4 is 5.73 Å². The zero-order valence-electron chi connectivity index (χ0n) is 5.53. The number of nitrogens with zero attached hydrogens (tertiary/aromatic N) is 2. The molecule has 0 bridgehead atoms. The van der Waals surface area contributed by atoms with E-state index in [1.54, 1.807) is 6.92 Å². The summed E-state index contributed by atoms with van der Waals surface area (Å²) in [6.45, 7) is 1.70. The standard InChI is InChI=1S/C6H7N3O/c1-4-8-2-5(7)6(3-10)9-4/h2-3H,7H2,1H3. The Bertz CT molecular complexity index is 259. The van der Waals surface area contributed by atoms with Gasteiger partial charge in [0.05, 0.1) is 11.9 Å². The number of anilines is 1. The molecule has 1 aromatic rings. The molecule has 10 heavy (non-hydrogen) atoms. The molecule has 4 nitrogen and oxygen atoms in total. The van der Waals surface area contributed by atoms with Crippen molar-refractivity contribution in [2.75, 3.05) is 5.73 Å². The van der Waals surface area contributed by atoms with E-state index in [0.717, 1.165) is 0 Å². The lowest BCUT2D eigenvalue weighted by atomic mass is 10.4. The Kier molecular flexibility index (Phi) is 1.62. The van der Waals surface area contributed by atoms with Gasteiger partial charge in [-0.1, -0.05) is 0 Å². The van der Waals surface area contributed by atoms with Crippen LogP contribution in [0.1, 0.15) is 16.3 Å². The molecule has 1 rings (SSSR count). The first-order valence-electron chi connectivity index (χ1n) is 2.78. The summed E-state index contributed by atoms with van der Waals surface area (Å²) in [4.78, 5) is 17.8. The summed E-state index contributed by atoms with van der Waals surface area (Å²) in [5.74, 6) is 0.552. The highest BCUT2D eigenvalue weighted by molar-refractivity contribution is 5.79. The average Bonchev–Trinajstić information content (AvgIpc) is 1.94. The Hall–Kier alpha value is -1.45. The first-order valence-corrected chi connectivity index (χ1v) is 2.78. The number of nitrogen functional groups attached to an aromatic ring is 1. The van der Waals surface area contributed by atoms with Crippen molar-refractivity contribution in [1.29, 1.82) is 0 Å². The first-order chi connectivity index (χ1) is 4.74. The molecule has 0 saturated heterocycles. The molecule has 2 N–H and O–H groups in total. The van der Waals surface area contributed by atoms with Gasteiger partial charge < -0.3 is 5.73 Å². The lowest BCUT2D eigenvalue weighted by Crippen LogP contribution is -1.99. The molecule has 52 valence electrons. The van der Waals surface area contributed by atoms with Crippen LogP contribution in [-0.2, 0) is 0 Å². The number of hydrogen-bond donors (Lipinski definition) is 1. The van der Waals surface area contributed by atoms with Crippen molar-refractivity contribution < 1.29 is 4.79 Å². The van der Waals surface area contributed by atoms with Crippen molar-refractivity contribution in [1.82, 2.24) is 9.97 Å². The SMILES string of the molecule is Cc1ncc(N)c(C=O)n1. The third kappa shape index (κ3) is 1.10. The first kappa shape index (κ1) is 6.67. The van der Waals surface area contributed by atoms with Crippen LogP contribution in [0.15, 0.2) is 6.20 Å². The minimum atomic E-state index is 0.257. The molecule has 0 aliphatic rings. The quantitative estimate of drug-likeness (QED) is 0.560. The molecular weight excluding hydrogens is 130 g/mol. The topological polar surface area (TPSA) is 68.9 Å². The molecule has 0 fully saturated rings. The highest BCUT2D eigenvalue weighted by Crippen LogP contribution is 2.02. The molecule has 1 aromatic heterocycles. The van der Waals surface area contributed by atoms with Gasteiger partial charge in [0.2, 0.25) is 0 Å². The number of rotatable bonds is 1. The monoisotopic (exact) mass is 137 g/mol. The zero-order chi connectivity index (χ0) is 7.56. The van der Waals surface area contributed by atoms with Crippen LogP contribution in [0.25, 0.3) is 0 Å². The normalized spacial score (nSPS) is 9.30. The van der Waals surface area contributed by atoms with E-state index in [1.807, 2.05) is 0 Å². The summed E-state index contributed by atoms with van der Waals surface area (Å²) in [7, 11) is 0. The van der Waals surface area contributed by atoms with Crippen molar-refractivity contribution in [2.45, 2.75) is 6.92 Å². The maximum atomic E-state index is 10.2. The van der Waals surface area contributed by atoms with Gasteiger partial charge in [-0.3, -0.25) is 4.79 Å². The molecular formula is C6H7N3O. The molecule has 0 aromatic carbocycles. The molecule has 4 heteroatoms. The van der Waals surface area contributed by atoms with Crippen LogP contribution in [0.5, 0.6) is 0 Å². The second-order valence-electron chi connectivity index (χ2n) is 1.88. The molecule has 0 radical (unpaired) electrons. The van der Waals surface area contributed by atoms with E-state index < -0.39 is 0 Å². The van der Waals surface area contributed by atoms with Crippen LogP contribution in [0.3, 0.4) is 0 Å². The number of aldehydes is 1. The van der Waals surface area contributed by atoms with E-state index in [0.29, 0.717) is 17.8 Å². The second kappa shape index (κ2) is 2.43. The summed E-state index contributed by atoms with van der Waals surface area (Å²) in [6.07, 6.45) is 2.04. The van der Waals surface area contributed by atoms with Gasteiger partial charge in [-0.25, -0.2) is 9.97 Å². The Morgan fingerprint density at radius 1 is 1.70 bits per heavy atom. The largest absolute Gasteiger partial charge is 0.396 e. The highest BCUT2D eigenvalue weighted by Gasteiger charge is 1.98. The van der Waals surface area contributed by atoms with Crippen LogP contribution in [0, 0.1) is 6.92 Å². The van der Waals surface area contributed by atoms with E-state index in [2.05, 4.69) is 9.97 Å². The third-order valence-electron chi connectivity index (χ3n) is 1.08. The van der Waals surface area contributed by atoms with E-state index in [4.69, 9.17) is 5.73 Å². The van der Waals surface area contributed by atoms with Crippen LogP contribution in [-0.4, -0.2) is 16.3 Å². The maximum Gasteiger partial charge on any atom is 0.170 e. The molecule has 0 unspecified atom stereocenters. The second-order valence-corrected chi connectivity index (χ2v) is 1.88. The number of nitrogens with two attached hydrogens (primary N) is 1. The van der Waals surface area contributed by atoms with Gasteiger partial charge in [-0.15, -0.1) is 0 Å². The smallest absolute Gasteiger partial charge is 0.170 e. The number of hydrogen-bond acceptors (Lipinski definition) is 4. The predicted molar refractivity (Wildman–Crippen MR) is 36.6 cm³/mol. The van der Waals surface area contributed by atoms with Gasteiger partial charge in [0.15, 0.2) is 6.29 Å². The number of carbonyl (C=O) groups is 1. The molecule has 0 spiro atoms. The number of aryl methyl sites for hydroxylation is 1. The van der Waals surface area contributed by atoms with Crippen LogP contribution in [0.2, 0.25) is 0 Å². The Balaban J connectivity index is 3.21. The fraction of sp³-hybridized carbons (Fsp3) is 0.167. The number of carbonyl (C=O) groups excluding carboxylic acids is 1. The molecule has 0 amide bonds. The summed E-state index contributed by atoms with van der Waals surface area (Å²) in [5.41, 5.74) is 5.92. The Morgan fingerprint density at radius 3 is 2.90 bits per heavy atom. The van der Waals surface area contributed by atoms with Crippen molar-refractivity contribution in [2.24, 2.45) is 0 Å². The van der Waals surface area contributed by atoms with Crippen LogP contribution in [0.4, 0.5) is 5.69 Å². The lowest BCUT2D eigenvalue weighted by molar-refractivity contribution is 0.111. The van der Waals surface area contributed by atoms with Crippen LogP contribution >= 0.6 is 0 Å². The summed E-state index contributed by atoms with van der Waals surface area (Å²) in [6, 6.07) is 0. The minimum Gasteiger partial charge on any atom is -0.396 e. The predicted octanol–water partition coefficient (Wildman–Crippen LogP) is 0.180. The van der Waals surface area contributed by atoms with E-state index >= 15 is 0 Å². The molecule has 0 atom stereocenters. The van der Waals surface area contributed by atoms with Gasteiger partial charge in [0.25, 0.3) is 0 Å². The van der Waals surface area contributed by atoms with Crippen molar-refractivity contribution in [3.8, 4) is 0 Å². The zero-order valence-corrected chi connectivity index (χ0v) is 5.53. The lowest BCUT2D eigenvalue weighted by Gasteiger charge is -1.95. The average molecular weight is 137 g/mol. The summed E-state index contributed by atoms with van der Waals surface area (Å²) >= 11 is 0. The maximum absolute atomic E-state index is 10.2. The highest BCUT2D eigenvalue weighted by atomic mass is 16.1. The van der Waals surface area contributed by atoms with E-state index in [-0.39, 0.29) is 5.69 Å². The Labute approximate surface area is 58.1 Å². The molecule has 0 saturated carbocycles. The van der Waals surface area contributed by atoms with E-state index in [9.17, 15) is 4.79 Å². The Morgan fingerprint density at radius 2 is 2.40 bits per heavy atom. The molecule has 1 heterocycles. The fourth-order valence-electron chi connectivity index (χ4n) is 0.591. The fourth-order valence-corrected chi connectivity index (χ4v) is 0.591. The van der Waals surface area contributed by atoms with Gasteiger partial charge in [0, 0.05) is 0 Å². The minimum absolute atomic E-state index is 0.257. The van der Waals surface area contributed by atoms with Crippen molar-refractivity contribution in [3.05, 3.63) is 17.7 Å². The van der Waals surface area contributed by atoms with Gasteiger partial charge >= 0.3 is 0 Å². The van der Waals surface area contributed by atoms with Gasteiger partial charge in [0.1, 0.15) is 11.5 Å². The molecule has 0 aliphatic carbocycles. The van der Waals surface area contributed by atoms with Crippen molar-refractivity contribution >= 4 is 12.0 Å². The van der Waals surface area contributed by atoms with Gasteiger partial charge in [-0.2, -0.15) is 0 Å². The summed E-state index contributed by atoms with van der Waals surface area (Å²) in [5, 5.41) is 0. The third-order valence-corrected chi connectivity index (χ3v) is 1.08. The number of aromatic nitrogens is 2.